The molecule has 0 amide bonds. The van der Waals surface area contributed by atoms with Crippen molar-refractivity contribution in [3.8, 4) is 0 Å². The molecule has 1 heterocycles. The van der Waals surface area contributed by atoms with Gasteiger partial charge in [0.25, 0.3) is 0 Å². The second-order valence-electron chi connectivity index (χ2n) is 6.13. The summed E-state index contributed by atoms with van der Waals surface area (Å²) in [5, 5.41) is 3.85. The molecule has 0 fully saturated rings. The molecule has 106 valence electrons. The molecule has 6 heteroatoms. The van der Waals surface area contributed by atoms with Gasteiger partial charge in [-0.2, -0.15) is 9.78 Å². The van der Waals surface area contributed by atoms with Crippen LogP contribution in [0.4, 0.5) is 4.79 Å². The molecule has 19 heavy (non-hydrogen) atoms. The Balaban J connectivity index is 2.77. The second kappa shape index (κ2) is 5.03. The average Bonchev–Trinajstić information content (AvgIpc) is 2.60. The first kappa shape index (κ1) is 15.2. The Kier molecular flexibility index (Phi) is 4.03. The summed E-state index contributed by atoms with van der Waals surface area (Å²) in [6.45, 7) is 10.5. The van der Waals surface area contributed by atoms with E-state index in [1.165, 1.54) is 12.3 Å². The number of esters is 1. The van der Waals surface area contributed by atoms with E-state index >= 15 is 0 Å². The normalized spacial score (nSPS) is 12.1. The molecule has 0 aromatic carbocycles. The van der Waals surface area contributed by atoms with Gasteiger partial charge >= 0.3 is 12.1 Å². The highest BCUT2D eigenvalue weighted by molar-refractivity contribution is 5.88. The molecule has 0 aliphatic rings. The van der Waals surface area contributed by atoms with Crippen LogP contribution in [-0.4, -0.2) is 33.0 Å². The van der Waals surface area contributed by atoms with Crippen LogP contribution in [0.25, 0.3) is 0 Å². The van der Waals surface area contributed by atoms with Crippen LogP contribution >= 0.6 is 0 Å². The van der Waals surface area contributed by atoms with Gasteiger partial charge in [0, 0.05) is 6.20 Å². The minimum absolute atomic E-state index is 0.0702. The van der Waals surface area contributed by atoms with Crippen molar-refractivity contribution < 1.29 is 19.1 Å². The summed E-state index contributed by atoms with van der Waals surface area (Å²) in [4.78, 5) is 23.4. The Morgan fingerprint density at radius 2 is 1.58 bits per heavy atom. The third-order valence-corrected chi connectivity index (χ3v) is 1.78. The SMILES string of the molecule is CC(C)(C)OC(=O)c1ccn(C(=O)OC(C)(C)C)n1. The molecule has 1 rings (SSSR count). The predicted molar refractivity (Wildman–Crippen MR) is 69.0 cm³/mol. The van der Waals surface area contributed by atoms with Gasteiger partial charge < -0.3 is 9.47 Å². The summed E-state index contributed by atoms with van der Waals surface area (Å²) in [7, 11) is 0. The number of hydrogen-bond donors (Lipinski definition) is 0. The largest absolute Gasteiger partial charge is 0.455 e. The summed E-state index contributed by atoms with van der Waals surface area (Å²) >= 11 is 0. The molecule has 0 bridgehead atoms. The van der Waals surface area contributed by atoms with Gasteiger partial charge in [-0.15, -0.1) is 0 Å². The lowest BCUT2D eigenvalue weighted by atomic mass is 10.2. The Hall–Kier alpha value is -1.85. The van der Waals surface area contributed by atoms with E-state index in [0.717, 1.165) is 4.68 Å². The van der Waals surface area contributed by atoms with Crippen LogP contribution in [0.3, 0.4) is 0 Å². The fourth-order valence-electron chi connectivity index (χ4n) is 1.17. The van der Waals surface area contributed by atoms with Crippen molar-refractivity contribution in [3.63, 3.8) is 0 Å². The van der Waals surface area contributed by atoms with Crippen molar-refractivity contribution in [3.05, 3.63) is 18.0 Å². The highest BCUT2D eigenvalue weighted by atomic mass is 16.6. The van der Waals surface area contributed by atoms with E-state index in [9.17, 15) is 9.59 Å². The van der Waals surface area contributed by atoms with Gasteiger partial charge in [-0.1, -0.05) is 0 Å². The molecule has 1 aromatic rings. The smallest absolute Gasteiger partial charge is 0.435 e. The Morgan fingerprint density at radius 3 is 2.05 bits per heavy atom. The third kappa shape index (κ3) is 5.11. The molecule has 1 aromatic heterocycles. The second-order valence-corrected chi connectivity index (χ2v) is 6.13. The van der Waals surface area contributed by atoms with Crippen molar-refractivity contribution >= 4 is 12.1 Å². The molecular weight excluding hydrogens is 248 g/mol. The molecule has 0 saturated carbocycles. The number of nitrogens with zero attached hydrogens (tertiary/aromatic N) is 2. The summed E-state index contributed by atoms with van der Waals surface area (Å²) in [5.41, 5.74) is -1.15. The number of carbonyl (C=O) groups excluding carboxylic acids is 2. The van der Waals surface area contributed by atoms with Crippen LogP contribution in [0.1, 0.15) is 52.0 Å². The number of rotatable bonds is 1. The Morgan fingerprint density at radius 1 is 1.05 bits per heavy atom. The zero-order valence-corrected chi connectivity index (χ0v) is 12.2. The average molecular weight is 268 g/mol. The van der Waals surface area contributed by atoms with Gasteiger partial charge in [-0.25, -0.2) is 9.59 Å². The fraction of sp³-hybridized carbons (Fsp3) is 0.615. The Labute approximate surface area is 112 Å². The van der Waals surface area contributed by atoms with Crippen LogP contribution in [-0.2, 0) is 9.47 Å². The first-order chi connectivity index (χ1) is 8.48. The molecule has 6 nitrogen and oxygen atoms in total. The van der Waals surface area contributed by atoms with Crippen molar-refractivity contribution in [1.29, 1.82) is 0 Å². The van der Waals surface area contributed by atoms with Crippen LogP contribution in [0.5, 0.6) is 0 Å². The lowest BCUT2D eigenvalue weighted by Gasteiger charge is -2.19. The van der Waals surface area contributed by atoms with Gasteiger partial charge in [-0.3, -0.25) is 0 Å². The highest BCUT2D eigenvalue weighted by Crippen LogP contribution is 2.12. The first-order valence-corrected chi connectivity index (χ1v) is 6.00. The van der Waals surface area contributed by atoms with E-state index in [0.29, 0.717) is 0 Å². The molecule has 0 N–H and O–H groups in total. The van der Waals surface area contributed by atoms with Crippen molar-refractivity contribution in [2.45, 2.75) is 52.7 Å². The van der Waals surface area contributed by atoms with E-state index in [4.69, 9.17) is 9.47 Å². The van der Waals surface area contributed by atoms with Crippen LogP contribution in [0, 0.1) is 0 Å². The van der Waals surface area contributed by atoms with Crippen molar-refractivity contribution in [1.82, 2.24) is 9.78 Å². The van der Waals surface area contributed by atoms with Crippen LogP contribution < -0.4 is 0 Å². The molecule has 0 spiro atoms. The molecule has 0 aliphatic heterocycles. The topological polar surface area (TPSA) is 70.4 Å². The van der Waals surface area contributed by atoms with Crippen LogP contribution in [0.2, 0.25) is 0 Å². The maximum absolute atomic E-state index is 11.7. The standard InChI is InChI=1S/C13H20N2O4/c1-12(2,3)18-10(16)9-7-8-15(14-9)11(17)19-13(4,5)6/h7-8H,1-6H3. The van der Waals surface area contributed by atoms with Crippen molar-refractivity contribution in [2.75, 3.05) is 0 Å². The van der Waals surface area contributed by atoms with Crippen molar-refractivity contribution in [2.24, 2.45) is 0 Å². The number of aromatic nitrogens is 2. The molecule has 0 saturated heterocycles. The van der Waals surface area contributed by atoms with Gasteiger partial charge in [0.15, 0.2) is 5.69 Å². The van der Waals surface area contributed by atoms with Gasteiger partial charge in [0.05, 0.1) is 0 Å². The lowest BCUT2D eigenvalue weighted by Crippen LogP contribution is -2.28. The first-order valence-electron chi connectivity index (χ1n) is 6.00. The minimum Gasteiger partial charge on any atom is -0.455 e. The quantitative estimate of drug-likeness (QED) is 0.732. The highest BCUT2D eigenvalue weighted by Gasteiger charge is 2.22. The number of hydrogen-bond acceptors (Lipinski definition) is 5. The zero-order valence-electron chi connectivity index (χ0n) is 12.2. The number of carbonyl (C=O) groups is 2. The Bertz CT molecular complexity index is 435. The zero-order chi connectivity index (χ0) is 14.8. The maximum Gasteiger partial charge on any atom is 0.435 e. The third-order valence-electron chi connectivity index (χ3n) is 1.78. The van der Waals surface area contributed by atoms with E-state index < -0.39 is 23.3 Å². The van der Waals surface area contributed by atoms with Gasteiger partial charge in [-0.05, 0) is 47.6 Å². The van der Waals surface area contributed by atoms with E-state index in [1.807, 2.05) is 0 Å². The van der Waals surface area contributed by atoms with Crippen LogP contribution in [0.15, 0.2) is 12.3 Å². The lowest BCUT2D eigenvalue weighted by molar-refractivity contribution is 0.00621. The molecule has 0 radical (unpaired) electrons. The molecular formula is C13H20N2O4. The fourth-order valence-corrected chi connectivity index (χ4v) is 1.17. The summed E-state index contributed by atoms with van der Waals surface area (Å²) in [5.74, 6) is -0.574. The molecule has 0 unspecified atom stereocenters. The minimum atomic E-state index is -0.637. The molecule has 0 aliphatic carbocycles. The van der Waals surface area contributed by atoms with Gasteiger partial charge in [0.1, 0.15) is 11.2 Å². The van der Waals surface area contributed by atoms with E-state index in [2.05, 4.69) is 5.10 Å². The summed E-state index contributed by atoms with van der Waals surface area (Å²) in [6.07, 6.45) is 0.732. The van der Waals surface area contributed by atoms with E-state index in [-0.39, 0.29) is 5.69 Å². The summed E-state index contributed by atoms with van der Waals surface area (Å²) < 4.78 is 11.3. The molecule has 0 atom stereocenters. The predicted octanol–water partition coefficient (Wildman–Crippen LogP) is 2.62. The number of ether oxygens (including phenoxy) is 2. The summed E-state index contributed by atoms with van der Waals surface area (Å²) in [6, 6.07) is 1.41. The maximum atomic E-state index is 11.7. The van der Waals surface area contributed by atoms with Gasteiger partial charge in [0.2, 0.25) is 0 Å². The monoisotopic (exact) mass is 268 g/mol. The van der Waals surface area contributed by atoms with E-state index in [1.54, 1.807) is 41.5 Å².